The number of quaternary nitrogens is 1. The molecular weight excluding hydrogens is 226 g/mol. The lowest BCUT2D eigenvalue weighted by molar-refractivity contribution is -0.656. The van der Waals surface area contributed by atoms with E-state index in [9.17, 15) is 0 Å². The minimum absolute atomic E-state index is 0.208. The van der Waals surface area contributed by atoms with Crippen molar-refractivity contribution in [1.29, 1.82) is 0 Å². The number of nitrogens with two attached hydrogens (primary N) is 1. The van der Waals surface area contributed by atoms with Gasteiger partial charge in [0.15, 0.2) is 0 Å². The largest absolute Gasteiger partial charge is 0.488 e. The Labute approximate surface area is 101 Å². The van der Waals surface area contributed by atoms with E-state index in [0.29, 0.717) is 6.61 Å². The van der Waals surface area contributed by atoms with Crippen molar-refractivity contribution >= 4 is 11.6 Å². The van der Waals surface area contributed by atoms with Crippen LogP contribution in [-0.4, -0.2) is 31.4 Å². The van der Waals surface area contributed by atoms with Crippen LogP contribution in [0.15, 0.2) is 12.1 Å². The van der Waals surface area contributed by atoms with Crippen molar-refractivity contribution in [2.24, 2.45) is 0 Å². The molecule has 0 fully saturated rings. The van der Waals surface area contributed by atoms with Crippen molar-refractivity contribution in [3.05, 3.63) is 28.3 Å². The Morgan fingerprint density at radius 3 is 2.44 bits per heavy atom. The summed E-state index contributed by atoms with van der Waals surface area (Å²) >= 11 is 6.06. The van der Waals surface area contributed by atoms with Crippen molar-refractivity contribution in [2.75, 3.05) is 26.3 Å². The molecule has 0 aliphatic rings. The first-order chi connectivity index (χ1) is 7.65. The van der Waals surface area contributed by atoms with Crippen molar-refractivity contribution < 1.29 is 15.2 Å². The highest BCUT2D eigenvalue weighted by Gasteiger charge is 2.03. The zero-order valence-electron chi connectivity index (χ0n) is 9.79. The van der Waals surface area contributed by atoms with Crippen LogP contribution in [-0.2, 0) is 0 Å². The molecule has 3 N–H and O–H groups in total. The number of ether oxygens (including phenoxy) is 1. The SMILES string of the molecule is Cc1cc(OCC[NH2+]CCO)cc(C)c1Cl. The van der Waals surface area contributed by atoms with Gasteiger partial charge in [-0.05, 0) is 37.1 Å². The molecule has 0 saturated carbocycles. The van der Waals surface area contributed by atoms with E-state index in [1.165, 1.54) is 0 Å². The van der Waals surface area contributed by atoms with Gasteiger partial charge >= 0.3 is 0 Å². The van der Waals surface area contributed by atoms with E-state index in [0.717, 1.165) is 35.0 Å². The zero-order chi connectivity index (χ0) is 12.0. The summed E-state index contributed by atoms with van der Waals surface area (Å²) in [6, 6.07) is 3.89. The fourth-order valence-corrected chi connectivity index (χ4v) is 1.59. The van der Waals surface area contributed by atoms with Crippen LogP contribution in [0.5, 0.6) is 5.75 Å². The molecule has 0 heterocycles. The van der Waals surface area contributed by atoms with Crippen LogP contribution in [0.4, 0.5) is 0 Å². The first-order valence-corrected chi connectivity index (χ1v) is 5.85. The Bertz CT molecular complexity index is 319. The van der Waals surface area contributed by atoms with Gasteiger partial charge in [0.25, 0.3) is 0 Å². The number of rotatable bonds is 6. The molecule has 3 nitrogen and oxygen atoms in total. The molecule has 0 saturated heterocycles. The maximum Gasteiger partial charge on any atom is 0.137 e. The second-order valence-electron chi connectivity index (χ2n) is 3.81. The van der Waals surface area contributed by atoms with Gasteiger partial charge in [-0.1, -0.05) is 11.6 Å². The lowest BCUT2D eigenvalue weighted by Gasteiger charge is -2.09. The van der Waals surface area contributed by atoms with Crippen molar-refractivity contribution in [2.45, 2.75) is 13.8 Å². The summed E-state index contributed by atoms with van der Waals surface area (Å²) in [5.74, 6) is 0.858. The monoisotopic (exact) mass is 244 g/mol. The molecule has 1 aromatic rings. The molecule has 90 valence electrons. The van der Waals surface area contributed by atoms with E-state index in [-0.39, 0.29) is 6.61 Å². The number of hydrogen-bond donors (Lipinski definition) is 2. The van der Waals surface area contributed by atoms with Gasteiger partial charge in [-0.25, -0.2) is 0 Å². The summed E-state index contributed by atoms with van der Waals surface area (Å²) in [4.78, 5) is 0. The van der Waals surface area contributed by atoms with E-state index in [1.54, 1.807) is 0 Å². The molecule has 0 aromatic heterocycles. The quantitative estimate of drug-likeness (QED) is 0.731. The van der Waals surface area contributed by atoms with Crippen LogP contribution < -0.4 is 10.1 Å². The van der Waals surface area contributed by atoms with E-state index < -0.39 is 0 Å². The van der Waals surface area contributed by atoms with Gasteiger partial charge in [0.1, 0.15) is 18.9 Å². The van der Waals surface area contributed by atoms with Gasteiger partial charge in [0.05, 0.1) is 13.2 Å². The Morgan fingerprint density at radius 2 is 1.88 bits per heavy atom. The minimum atomic E-state index is 0.208. The summed E-state index contributed by atoms with van der Waals surface area (Å²) < 4.78 is 5.60. The Morgan fingerprint density at radius 1 is 1.25 bits per heavy atom. The van der Waals surface area contributed by atoms with Gasteiger partial charge in [0.2, 0.25) is 0 Å². The topological polar surface area (TPSA) is 46.1 Å². The zero-order valence-corrected chi connectivity index (χ0v) is 10.5. The van der Waals surface area contributed by atoms with E-state index in [2.05, 4.69) is 0 Å². The van der Waals surface area contributed by atoms with Crippen molar-refractivity contribution in [1.82, 2.24) is 0 Å². The molecule has 0 unspecified atom stereocenters. The molecule has 1 aromatic carbocycles. The highest BCUT2D eigenvalue weighted by Crippen LogP contribution is 2.25. The second-order valence-corrected chi connectivity index (χ2v) is 4.19. The van der Waals surface area contributed by atoms with Gasteiger partial charge in [-0.3, -0.25) is 0 Å². The number of hydrogen-bond acceptors (Lipinski definition) is 2. The molecule has 0 atom stereocenters. The third-order valence-corrected chi connectivity index (χ3v) is 2.93. The third-order valence-electron chi connectivity index (χ3n) is 2.33. The van der Waals surface area contributed by atoms with Crippen LogP contribution in [0.2, 0.25) is 5.02 Å². The maximum atomic E-state index is 8.60. The van der Waals surface area contributed by atoms with Crippen LogP contribution in [0.25, 0.3) is 0 Å². The van der Waals surface area contributed by atoms with Crippen molar-refractivity contribution in [3.8, 4) is 5.75 Å². The molecule has 0 amide bonds. The number of aliphatic hydroxyl groups excluding tert-OH is 1. The highest BCUT2D eigenvalue weighted by atomic mass is 35.5. The maximum absolute atomic E-state index is 8.60. The summed E-state index contributed by atoms with van der Waals surface area (Å²) in [5, 5.41) is 11.4. The minimum Gasteiger partial charge on any atom is -0.488 e. The molecule has 0 radical (unpaired) electrons. The standard InChI is InChI=1S/C12H18ClNO2/c1-9-7-11(8-10(2)12(9)13)16-6-4-14-3-5-15/h7-8,14-15H,3-6H2,1-2H3/p+1. The molecule has 16 heavy (non-hydrogen) atoms. The molecule has 4 heteroatoms. The molecule has 0 bridgehead atoms. The van der Waals surface area contributed by atoms with Gasteiger partial charge in [0, 0.05) is 5.02 Å². The fourth-order valence-electron chi connectivity index (χ4n) is 1.49. The van der Waals surface area contributed by atoms with Gasteiger partial charge < -0.3 is 15.2 Å². The van der Waals surface area contributed by atoms with Crippen molar-refractivity contribution in [3.63, 3.8) is 0 Å². The predicted octanol–water partition coefficient (Wildman–Crippen LogP) is 0.891. The summed E-state index contributed by atoms with van der Waals surface area (Å²) in [5.41, 5.74) is 2.08. The third kappa shape index (κ3) is 4.00. The first kappa shape index (κ1) is 13.3. The Balaban J connectivity index is 2.43. The molecule has 1 rings (SSSR count). The predicted molar refractivity (Wildman–Crippen MR) is 65.2 cm³/mol. The smallest absolute Gasteiger partial charge is 0.137 e. The lowest BCUT2D eigenvalue weighted by Crippen LogP contribution is -2.86. The summed E-state index contributed by atoms with van der Waals surface area (Å²) in [7, 11) is 0. The van der Waals surface area contributed by atoms with E-state index in [4.69, 9.17) is 21.4 Å². The number of aliphatic hydroxyl groups is 1. The summed E-state index contributed by atoms with van der Waals surface area (Å²) in [6.45, 7) is 6.36. The number of aryl methyl sites for hydroxylation is 2. The average molecular weight is 245 g/mol. The molecular formula is C12H19ClNO2+. The second kappa shape index (κ2) is 6.74. The van der Waals surface area contributed by atoms with Gasteiger partial charge in [-0.15, -0.1) is 0 Å². The Kier molecular flexibility index (Phi) is 5.60. The fraction of sp³-hybridized carbons (Fsp3) is 0.500. The van der Waals surface area contributed by atoms with Crippen LogP contribution in [0.3, 0.4) is 0 Å². The van der Waals surface area contributed by atoms with E-state index >= 15 is 0 Å². The number of benzene rings is 1. The number of halogens is 1. The molecule has 0 aliphatic heterocycles. The lowest BCUT2D eigenvalue weighted by atomic mass is 10.1. The summed E-state index contributed by atoms with van der Waals surface area (Å²) in [6.07, 6.45) is 0. The molecule has 0 aliphatic carbocycles. The van der Waals surface area contributed by atoms with Crippen LogP contribution in [0, 0.1) is 13.8 Å². The average Bonchev–Trinajstić information content (AvgIpc) is 2.25. The first-order valence-electron chi connectivity index (χ1n) is 5.47. The highest BCUT2D eigenvalue weighted by molar-refractivity contribution is 6.32. The molecule has 0 spiro atoms. The van der Waals surface area contributed by atoms with Crippen LogP contribution >= 0.6 is 11.6 Å². The van der Waals surface area contributed by atoms with Crippen LogP contribution in [0.1, 0.15) is 11.1 Å². The normalized spacial score (nSPS) is 10.5. The Hall–Kier alpha value is -0.770. The van der Waals surface area contributed by atoms with Gasteiger partial charge in [-0.2, -0.15) is 0 Å². The van der Waals surface area contributed by atoms with E-state index in [1.807, 2.05) is 31.3 Å².